The van der Waals surface area contributed by atoms with Crippen LogP contribution in [0, 0.1) is 0 Å². The predicted molar refractivity (Wildman–Crippen MR) is 99.7 cm³/mol. The molecule has 2 amide bonds. The zero-order valence-electron chi connectivity index (χ0n) is 12.9. The SMILES string of the molecule is Cl.Cl.NCC(=O)NCC(=O)Nc1cccc(Cl)c1N1CCOCC1. The number of halogens is 3. The van der Waals surface area contributed by atoms with Crippen LogP contribution >= 0.6 is 36.4 Å². The van der Waals surface area contributed by atoms with Gasteiger partial charge in [-0.15, -0.1) is 24.8 Å². The van der Waals surface area contributed by atoms with E-state index in [1.807, 2.05) is 0 Å². The molecule has 0 aromatic heterocycles. The summed E-state index contributed by atoms with van der Waals surface area (Å²) in [6, 6.07) is 5.32. The lowest BCUT2D eigenvalue weighted by Gasteiger charge is -2.31. The highest BCUT2D eigenvalue weighted by Crippen LogP contribution is 2.34. The van der Waals surface area contributed by atoms with Crippen molar-refractivity contribution < 1.29 is 14.3 Å². The fraction of sp³-hybridized carbons (Fsp3) is 0.429. The Bertz CT molecular complexity index is 554. The van der Waals surface area contributed by atoms with E-state index in [1.54, 1.807) is 18.2 Å². The van der Waals surface area contributed by atoms with Crippen molar-refractivity contribution in [1.29, 1.82) is 0 Å². The van der Waals surface area contributed by atoms with E-state index in [1.165, 1.54) is 0 Å². The molecule has 0 aliphatic carbocycles. The summed E-state index contributed by atoms with van der Waals surface area (Å²) in [4.78, 5) is 25.1. The average Bonchev–Trinajstić information content (AvgIpc) is 2.53. The van der Waals surface area contributed by atoms with Gasteiger partial charge in [0.1, 0.15) is 0 Å². The highest BCUT2D eigenvalue weighted by molar-refractivity contribution is 6.34. The molecule has 0 atom stereocenters. The maximum atomic E-state index is 11.9. The van der Waals surface area contributed by atoms with Crippen LogP contribution in [0.15, 0.2) is 18.2 Å². The smallest absolute Gasteiger partial charge is 0.243 e. The molecular weight excluding hydrogens is 379 g/mol. The summed E-state index contributed by atoms with van der Waals surface area (Å²) in [5, 5.41) is 5.75. The molecule has 0 radical (unpaired) electrons. The molecule has 1 aromatic rings. The highest BCUT2D eigenvalue weighted by atomic mass is 35.5. The number of hydrogen-bond donors (Lipinski definition) is 3. The molecule has 0 spiro atoms. The Labute approximate surface area is 158 Å². The molecular formula is C14H21Cl3N4O3. The van der Waals surface area contributed by atoms with Gasteiger partial charge in [-0.05, 0) is 12.1 Å². The third kappa shape index (κ3) is 6.33. The molecule has 1 fully saturated rings. The van der Waals surface area contributed by atoms with E-state index in [4.69, 9.17) is 22.1 Å². The van der Waals surface area contributed by atoms with Crippen molar-refractivity contribution in [2.45, 2.75) is 0 Å². The number of para-hydroxylation sites is 1. The number of benzene rings is 1. The van der Waals surface area contributed by atoms with Crippen LogP contribution < -0.4 is 21.3 Å². The van der Waals surface area contributed by atoms with Gasteiger partial charge >= 0.3 is 0 Å². The molecule has 0 bridgehead atoms. The molecule has 2 rings (SSSR count). The Hall–Kier alpha value is -1.25. The van der Waals surface area contributed by atoms with E-state index in [2.05, 4.69) is 15.5 Å². The Morgan fingerprint density at radius 3 is 2.50 bits per heavy atom. The van der Waals surface area contributed by atoms with Crippen molar-refractivity contribution >= 4 is 59.6 Å². The van der Waals surface area contributed by atoms with Crippen molar-refractivity contribution in [1.82, 2.24) is 5.32 Å². The van der Waals surface area contributed by atoms with Crippen LogP contribution in [0.25, 0.3) is 0 Å². The molecule has 136 valence electrons. The molecule has 0 unspecified atom stereocenters. The van der Waals surface area contributed by atoms with Gasteiger partial charge < -0.3 is 26.0 Å². The van der Waals surface area contributed by atoms with Gasteiger partial charge in [0.2, 0.25) is 11.8 Å². The normalized spacial score (nSPS) is 13.3. The predicted octanol–water partition coefficient (Wildman–Crippen LogP) is 1.03. The third-order valence-corrected chi connectivity index (χ3v) is 3.52. The largest absolute Gasteiger partial charge is 0.378 e. The summed E-state index contributed by atoms with van der Waals surface area (Å²) in [5.74, 6) is -0.715. The van der Waals surface area contributed by atoms with Gasteiger partial charge in [0.25, 0.3) is 0 Å². The second-order valence-electron chi connectivity index (χ2n) is 4.76. The zero-order chi connectivity index (χ0) is 15.9. The molecule has 1 saturated heterocycles. The van der Waals surface area contributed by atoms with Crippen LogP contribution in [0.1, 0.15) is 0 Å². The maximum absolute atomic E-state index is 11.9. The Morgan fingerprint density at radius 1 is 1.21 bits per heavy atom. The number of amides is 2. The number of carbonyl (C=O) groups excluding carboxylic acids is 2. The number of nitrogens with one attached hydrogen (secondary N) is 2. The number of anilines is 2. The topological polar surface area (TPSA) is 96.7 Å². The van der Waals surface area contributed by atoms with Crippen LogP contribution in [0.4, 0.5) is 11.4 Å². The molecule has 1 aliphatic heterocycles. The van der Waals surface area contributed by atoms with Crippen LogP contribution in [0.3, 0.4) is 0 Å². The van der Waals surface area contributed by atoms with Crippen molar-refractivity contribution in [2.75, 3.05) is 49.6 Å². The van der Waals surface area contributed by atoms with E-state index in [0.29, 0.717) is 37.0 Å². The van der Waals surface area contributed by atoms with Crippen molar-refractivity contribution in [3.8, 4) is 0 Å². The minimum Gasteiger partial charge on any atom is -0.378 e. The van der Waals surface area contributed by atoms with Crippen LogP contribution in [-0.4, -0.2) is 51.2 Å². The van der Waals surface area contributed by atoms with Gasteiger partial charge in [0.15, 0.2) is 0 Å². The summed E-state index contributed by atoms with van der Waals surface area (Å²) in [5.41, 5.74) is 6.55. The summed E-state index contributed by atoms with van der Waals surface area (Å²) in [6.45, 7) is 2.36. The fourth-order valence-corrected chi connectivity index (χ4v) is 2.46. The summed E-state index contributed by atoms with van der Waals surface area (Å²) >= 11 is 6.28. The minimum atomic E-state index is -0.380. The molecule has 1 aliphatic rings. The molecule has 0 saturated carbocycles. The van der Waals surface area contributed by atoms with E-state index < -0.39 is 0 Å². The zero-order valence-corrected chi connectivity index (χ0v) is 15.3. The lowest BCUT2D eigenvalue weighted by molar-refractivity contribution is -0.123. The minimum absolute atomic E-state index is 0. The van der Waals surface area contributed by atoms with E-state index in [-0.39, 0.29) is 49.7 Å². The lowest BCUT2D eigenvalue weighted by atomic mass is 10.2. The van der Waals surface area contributed by atoms with Gasteiger partial charge in [-0.2, -0.15) is 0 Å². The highest BCUT2D eigenvalue weighted by Gasteiger charge is 2.19. The lowest BCUT2D eigenvalue weighted by Crippen LogP contribution is -2.38. The first-order valence-corrected chi connectivity index (χ1v) is 7.37. The number of morpholine rings is 1. The molecule has 4 N–H and O–H groups in total. The quantitative estimate of drug-likeness (QED) is 0.687. The number of nitrogens with two attached hydrogens (primary N) is 1. The summed E-state index contributed by atoms with van der Waals surface area (Å²) in [6.07, 6.45) is 0. The number of hydrogen-bond acceptors (Lipinski definition) is 5. The molecule has 1 heterocycles. The van der Waals surface area contributed by atoms with E-state index >= 15 is 0 Å². The van der Waals surface area contributed by atoms with Gasteiger partial charge in [-0.25, -0.2) is 0 Å². The molecule has 7 nitrogen and oxygen atoms in total. The van der Waals surface area contributed by atoms with E-state index in [0.717, 1.165) is 5.69 Å². The number of nitrogens with zero attached hydrogens (tertiary/aromatic N) is 1. The van der Waals surface area contributed by atoms with Crippen molar-refractivity contribution in [3.63, 3.8) is 0 Å². The molecule has 10 heteroatoms. The van der Waals surface area contributed by atoms with Crippen LogP contribution in [-0.2, 0) is 14.3 Å². The fourth-order valence-electron chi connectivity index (χ4n) is 2.17. The van der Waals surface area contributed by atoms with Gasteiger partial charge in [0, 0.05) is 13.1 Å². The Balaban J connectivity index is 0.00000264. The Morgan fingerprint density at radius 2 is 1.88 bits per heavy atom. The maximum Gasteiger partial charge on any atom is 0.243 e. The second kappa shape index (κ2) is 11.3. The first-order valence-electron chi connectivity index (χ1n) is 6.99. The summed E-state index contributed by atoms with van der Waals surface area (Å²) in [7, 11) is 0. The molecule has 24 heavy (non-hydrogen) atoms. The van der Waals surface area contributed by atoms with Gasteiger partial charge in [-0.3, -0.25) is 9.59 Å². The van der Waals surface area contributed by atoms with Gasteiger partial charge in [-0.1, -0.05) is 17.7 Å². The van der Waals surface area contributed by atoms with Crippen molar-refractivity contribution in [2.24, 2.45) is 5.73 Å². The second-order valence-corrected chi connectivity index (χ2v) is 5.17. The van der Waals surface area contributed by atoms with Crippen LogP contribution in [0.2, 0.25) is 5.02 Å². The van der Waals surface area contributed by atoms with E-state index in [9.17, 15) is 9.59 Å². The standard InChI is InChI=1S/C14H19ClN4O3.2ClH/c15-10-2-1-3-11(14(10)19-4-6-22-7-5-19)18-13(21)9-17-12(20)8-16;;/h1-3H,4-9,16H2,(H,17,20)(H,18,21);2*1H. The Kier molecular flexibility index (Phi) is 10.7. The average molecular weight is 400 g/mol. The number of carbonyl (C=O) groups is 2. The van der Waals surface area contributed by atoms with Crippen molar-refractivity contribution in [3.05, 3.63) is 23.2 Å². The number of ether oxygens (including phenoxy) is 1. The monoisotopic (exact) mass is 398 g/mol. The summed E-state index contributed by atoms with van der Waals surface area (Å²) < 4.78 is 5.33. The van der Waals surface area contributed by atoms with Crippen LogP contribution in [0.5, 0.6) is 0 Å². The number of rotatable bonds is 5. The first-order chi connectivity index (χ1) is 10.6. The first kappa shape index (κ1) is 22.8. The molecule has 1 aromatic carbocycles. The van der Waals surface area contributed by atoms with Gasteiger partial charge in [0.05, 0.1) is 42.7 Å². The third-order valence-electron chi connectivity index (χ3n) is 3.22.